The van der Waals surface area contributed by atoms with Gasteiger partial charge >= 0.3 is 0 Å². The van der Waals surface area contributed by atoms with Gasteiger partial charge in [0.2, 0.25) is 0 Å². The van der Waals surface area contributed by atoms with Crippen molar-refractivity contribution in [3.8, 4) is 0 Å². The molecule has 8 heteroatoms. The summed E-state index contributed by atoms with van der Waals surface area (Å²) in [7, 11) is 0. The Balaban J connectivity index is 1.24. The van der Waals surface area contributed by atoms with Crippen LogP contribution < -0.4 is 15.5 Å². The van der Waals surface area contributed by atoms with Crippen molar-refractivity contribution in [1.82, 2.24) is 15.3 Å². The van der Waals surface area contributed by atoms with Crippen molar-refractivity contribution in [2.45, 2.75) is 19.3 Å². The molecular weight excluding hydrogens is 438 g/mol. The van der Waals surface area contributed by atoms with Gasteiger partial charge in [-0.1, -0.05) is 29.8 Å². The summed E-state index contributed by atoms with van der Waals surface area (Å²) in [4.78, 5) is 35.7. The van der Waals surface area contributed by atoms with E-state index in [1.165, 1.54) is 5.69 Å². The molecule has 3 aromatic rings. The van der Waals surface area contributed by atoms with Gasteiger partial charge in [0.1, 0.15) is 11.5 Å². The number of carbonyl (C=O) groups excluding carboxylic acids is 2. The molecule has 0 aliphatic carbocycles. The first-order valence-electron chi connectivity index (χ1n) is 11.1. The van der Waals surface area contributed by atoms with Gasteiger partial charge in [0.15, 0.2) is 0 Å². The fourth-order valence-electron chi connectivity index (χ4n) is 3.97. The van der Waals surface area contributed by atoms with E-state index in [0.717, 1.165) is 32.4 Å². The second kappa shape index (κ2) is 10.9. The molecule has 0 radical (unpaired) electrons. The summed E-state index contributed by atoms with van der Waals surface area (Å²) in [6.07, 6.45) is 6.77. The zero-order valence-corrected chi connectivity index (χ0v) is 19.0. The third-order valence-corrected chi connectivity index (χ3v) is 6.15. The zero-order chi connectivity index (χ0) is 23.0. The molecule has 1 aliphatic rings. The number of carbonyl (C=O) groups is 2. The molecule has 0 unspecified atom stereocenters. The second-order valence-corrected chi connectivity index (χ2v) is 8.43. The number of aromatic nitrogens is 2. The van der Waals surface area contributed by atoms with Crippen LogP contribution in [-0.2, 0) is 0 Å². The minimum atomic E-state index is -0.372. The van der Waals surface area contributed by atoms with E-state index in [9.17, 15) is 9.59 Å². The number of halogens is 1. The number of amides is 2. The summed E-state index contributed by atoms with van der Waals surface area (Å²) in [6, 6.07) is 15.8. The molecule has 33 heavy (non-hydrogen) atoms. The molecule has 0 bridgehead atoms. The lowest BCUT2D eigenvalue weighted by Gasteiger charge is -2.33. The van der Waals surface area contributed by atoms with Crippen LogP contribution in [0, 0.1) is 5.92 Å². The average molecular weight is 464 g/mol. The third kappa shape index (κ3) is 6.08. The van der Waals surface area contributed by atoms with Crippen molar-refractivity contribution in [3.05, 3.63) is 83.3 Å². The summed E-state index contributed by atoms with van der Waals surface area (Å²) in [5.74, 6) is 0.260. The Kier molecular flexibility index (Phi) is 7.52. The maximum atomic E-state index is 12.6. The molecule has 0 saturated carbocycles. The number of hydrogen-bond acceptors (Lipinski definition) is 5. The highest BCUT2D eigenvalue weighted by Gasteiger charge is 2.20. The molecule has 1 fully saturated rings. The van der Waals surface area contributed by atoms with Crippen LogP contribution in [0.15, 0.2) is 67.0 Å². The van der Waals surface area contributed by atoms with E-state index < -0.39 is 0 Å². The summed E-state index contributed by atoms with van der Waals surface area (Å²) in [5, 5.41) is 6.01. The number of rotatable bonds is 7. The molecule has 3 heterocycles. The van der Waals surface area contributed by atoms with Gasteiger partial charge < -0.3 is 15.5 Å². The molecule has 1 aromatic carbocycles. The fourth-order valence-corrected chi connectivity index (χ4v) is 4.20. The number of piperidine rings is 1. The number of benzene rings is 1. The van der Waals surface area contributed by atoms with E-state index in [-0.39, 0.29) is 17.5 Å². The van der Waals surface area contributed by atoms with Gasteiger partial charge in [0.05, 0.1) is 10.6 Å². The molecular formula is C25H26ClN5O2. The normalized spacial score (nSPS) is 14.0. The number of hydrogen-bond donors (Lipinski definition) is 2. The van der Waals surface area contributed by atoms with E-state index in [1.54, 1.807) is 42.5 Å². The summed E-state index contributed by atoms with van der Waals surface area (Å²) in [6.45, 7) is 2.62. The van der Waals surface area contributed by atoms with E-state index in [2.05, 4.69) is 25.5 Å². The standard InChI is InChI=1S/C25H26ClN5O2/c26-21-5-2-1-4-20(21)24(32)30-23-7-3-6-22(29-23)25(33)28-15-8-18-11-16-31(17-12-18)19-9-13-27-14-10-19/h1-7,9-10,13-14,18H,8,11-12,15-17H2,(H,28,33)(H,29,30,32). The minimum absolute atomic E-state index is 0.252. The molecule has 7 nitrogen and oxygen atoms in total. The molecule has 1 saturated heterocycles. The van der Waals surface area contributed by atoms with Crippen molar-refractivity contribution >= 4 is 34.9 Å². The van der Waals surface area contributed by atoms with Crippen LogP contribution in [0.2, 0.25) is 5.02 Å². The van der Waals surface area contributed by atoms with E-state index in [1.807, 2.05) is 24.5 Å². The first-order chi connectivity index (χ1) is 16.1. The first kappa shape index (κ1) is 22.7. The highest BCUT2D eigenvalue weighted by molar-refractivity contribution is 6.34. The first-order valence-corrected chi connectivity index (χ1v) is 11.4. The van der Waals surface area contributed by atoms with Crippen LogP contribution in [0.1, 0.15) is 40.1 Å². The maximum absolute atomic E-state index is 12.6. The Hall–Kier alpha value is -3.45. The predicted octanol–water partition coefficient (Wildman–Crippen LogP) is 4.42. The summed E-state index contributed by atoms with van der Waals surface area (Å²) >= 11 is 6.08. The van der Waals surface area contributed by atoms with Crippen molar-refractivity contribution in [1.29, 1.82) is 0 Å². The zero-order valence-electron chi connectivity index (χ0n) is 18.2. The highest BCUT2D eigenvalue weighted by Crippen LogP contribution is 2.24. The molecule has 2 amide bonds. The Bertz CT molecular complexity index is 1100. The van der Waals surface area contributed by atoms with Gasteiger partial charge in [-0.2, -0.15) is 0 Å². The Morgan fingerprint density at radius 3 is 2.48 bits per heavy atom. The van der Waals surface area contributed by atoms with Crippen molar-refractivity contribution in [2.24, 2.45) is 5.92 Å². The van der Waals surface area contributed by atoms with Gasteiger partial charge in [-0.3, -0.25) is 14.6 Å². The Labute approximate surface area is 198 Å². The predicted molar refractivity (Wildman–Crippen MR) is 130 cm³/mol. The SMILES string of the molecule is O=C(NCCC1CCN(c2ccncc2)CC1)c1cccc(NC(=O)c2ccccc2Cl)n1. The summed E-state index contributed by atoms with van der Waals surface area (Å²) in [5.41, 5.74) is 1.83. The van der Waals surface area contributed by atoms with Crippen molar-refractivity contribution < 1.29 is 9.59 Å². The number of nitrogens with zero attached hydrogens (tertiary/aromatic N) is 3. The van der Waals surface area contributed by atoms with E-state index in [4.69, 9.17) is 11.6 Å². The Morgan fingerprint density at radius 1 is 0.970 bits per heavy atom. The monoisotopic (exact) mass is 463 g/mol. The Morgan fingerprint density at radius 2 is 1.73 bits per heavy atom. The number of pyridine rings is 2. The number of anilines is 2. The van der Waals surface area contributed by atoms with Gasteiger partial charge in [-0.05, 0) is 61.6 Å². The highest BCUT2D eigenvalue weighted by atomic mass is 35.5. The molecule has 170 valence electrons. The smallest absolute Gasteiger partial charge is 0.269 e. The van der Waals surface area contributed by atoms with E-state index in [0.29, 0.717) is 28.9 Å². The number of nitrogens with one attached hydrogen (secondary N) is 2. The quantitative estimate of drug-likeness (QED) is 0.541. The van der Waals surface area contributed by atoms with E-state index >= 15 is 0 Å². The van der Waals surface area contributed by atoms with Crippen LogP contribution in [-0.4, -0.2) is 41.4 Å². The molecule has 2 N–H and O–H groups in total. The van der Waals surface area contributed by atoms with Gasteiger partial charge in [0.25, 0.3) is 11.8 Å². The second-order valence-electron chi connectivity index (χ2n) is 8.02. The fraction of sp³-hybridized carbons (Fsp3) is 0.280. The van der Waals surface area contributed by atoms with Crippen LogP contribution >= 0.6 is 11.6 Å². The van der Waals surface area contributed by atoms with Crippen LogP contribution in [0.3, 0.4) is 0 Å². The largest absolute Gasteiger partial charge is 0.371 e. The van der Waals surface area contributed by atoms with Gasteiger partial charge in [0, 0.05) is 37.7 Å². The average Bonchev–Trinajstić information content (AvgIpc) is 2.85. The van der Waals surface area contributed by atoms with Crippen LogP contribution in [0.25, 0.3) is 0 Å². The lowest BCUT2D eigenvalue weighted by molar-refractivity contribution is 0.0944. The van der Waals surface area contributed by atoms with Gasteiger partial charge in [-0.15, -0.1) is 0 Å². The maximum Gasteiger partial charge on any atom is 0.269 e. The van der Waals surface area contributed by atoms with Crippen LogP contribution in [0.5, 0.6) is 0 Å². The molecule has 4 rings (SSSR count). The minimum Gasteiger partial charge on any atom is -0.371 e. The molecule has 0 spiro atoms. The van der Waals surface area contributed by atoms with Crippen molar-refractivity contribution in [3.63, 3.8) is 0 Å². The summed E-state index contributed by atoms with van der Waals surface area (Å²) < 4.78 is 0. The lowest BCUT2D eigenvalue weighted by atomic mass is 9.93. The van der Waals surface area contributed by atoms with Gasteiger partial charge in [-0.25, -0.2) is 4.98 Å². The van der Waals surface area contributed by atoms with Crippen molar-refractivity contribution in [2.75, 3.05) is 29.9 Å². The molecule has 2 aromatic heterocycles. The van der Waals surface area contributed by atoms with Crippen LogP contribution in [0.4, 0.5) is 11.5 Å². The topological polar surface area (TPSA) is 87.2 Å². The third-order valence-electron chi connectivity index (χ3n) is 5.82. The molecule has 0 atom stereocenters. The molecule has 1 aliphatic heterocycles. The lowest BCUT2D eigenvalue weighted by Crippen LogP contribution is -2.35.